The van der Waals surface area contributed by atoms with Gasteiger partial charge in [-0.1, -0.05) is 6.07 Å². The van der Waals surface area contributed by atoms with Crippen LogP contribution in [0.2, 0.25) is 0 Å². The van der Waals surface area contributed by atoms with Crippen LogP contribution in [0.15, 0.2) is 41.3 Å². The molecule has 0 bridgehead atoms. The van der Waals surface area contributed by atoms with Gasteiger partial charge in [-0.15, -0.1) is 12.4 Å². The van der Waals surface area contributed by atoms with E-state index in [4.69, 9.17) is 0 Å². The molecule has 146 valence electrons. The summed E-state index contributed by atoms with van der Waals surface area (Å²) in [6.45, 7) is 4.52. The number of benzene rings is 2. The predicted octanol–water partition coefficient (Wildman–Crippen LogP) is 3.33. The summed E-state index contributed by atoms with van der Waals surface area (Å²) in [6.07, 6.45) is 0.576. The second kappa shape index (κ2) is 8.37. The summed E-state index contributed by atoms with van der Waals surface area (Å²) in [7, 11) is -3.39. The zero-order chi connectivity index (χ0) is 18.9. The lowest BCUT2D eigenvalue weighted by atomic mass is 9.99. The van der Waals surface area contributed by atoms with E-state index in [0.29, 0.717) is 25.1 Å². The molecule has 3 rings (SSSR count). The highest BCUT2D eigenvalue weighted by Crippen LogP contribution is 2.25. The van der Waals surface area contributed by atoms with Crippen molar-refractivity contribution in [3.8, 4) is 0 Å². The van der Waals surface area contributed by atoms with Gasteiger partial charge < -0.3 is 10.6 Å². The van der Waals surface area contributed by atoms with Crippen LogP contribution in [-0.2, 0) is 22.8 Å². The summed E-state index contributed by atoms with van der Waals surface area (Å²) in [5.41, 5.74) is 1.93. The zero-order valence-corrected chi connectivity index (χ0v) is 16.7. The van der Waals surface area contributed by atoms with E-state index in [2.05, 4.69) is 10.6 Å². The molecular formula is C19H22ClFN2O3S. The van der Waals surface area contributed by atoms with Gasteiger partial charge in [0.1, 0.15) is 5.82 Å². The minimum absolute atomic E-state index is 0. The molecule has 27 heavy (non-hydrogen) atoms. The molecule has 1 aliphatic heterocycles. The van der Waals surface area contributed by atoms with Gasteiger partial charge in [-0.25, -0.2) is 12.8 Å². The zero-order valence-electron chi connectivity index (χ0n) is 15.1. The Kier molecular flexibility index (Phi) is 6.62. The van der Waals surface area contributed by atoms with Crippen molar-refractivity contribution < 1.29 is 17.6 Å². The highest BCUT2D eigenvalue weighted by Gasteiger charge is 2.20. The smallest absolute Gasteiger partial charge is 0.255 e. The van der Waals surface area contributed by atoms with Crippen molar-refractivity contribution in [1.82, 2.24) is 5.32 Å². The molecule has 2 aromatic carbocycles. The Morgan fingerprint density at radius 3 is 2.44 bits per heavy atom. The molecule has 0 unspecified atom stereocenters. The highest BCUT2D eigenvalue weighted by atomic mass is 35.5. The largest absolute Gasteiger partial charge is 0.319 e. The number of fused-ring (bicyclic) bond motifs is 1. The van der Waals surface area contributed by atoms with Gasteiger partial charge in [0.05, 0.1) is 15.8 Å². The molecule has 0 saturated carbocycles. The average molecular weight is 413 g/mol. The fourth-order valence-corrected chi connectivity index (χ4v) is 3.95. The molecule has 2 aromatic rings. The third-order valence-corrected chi connectivity index (χ3v) is 6.69. The monoisotopic (exact) mass is 412 g/mol. The van der Waals surface area contributed by atoms with Crippen LogP contribution in [0.1, 0.15) is 35.3 Å². The van der Waals surface area contributed by atoms with Crippen molar-refractivity contribution in [2.75, 3.05) is 11.9 Å². The number of amides is 1. The number of hydrogen-bond donors (Lipinski definition) is 2. The summed E-state index contributed by atoms with van der Waals surface area (Å²) < 4.78 is 38.9. The molecule has 2 N–H and O–H groups in total. The Morgan fingerprint density at radius 1 is 1.15 bits per heavy atom. The topological polar surface area (TPSA) is 75.3 Å². The van der Waals surface area contributed by atoms with Crippen LogP contribution in [0.4, 0.5) is 10.1 Å². The predicted molar refractivity (Wildman–Crippen MR) is 106 cm³/mol. The van der Waals surface area contributed by atoms with Crippen LogP contribution in [-0.4, -0.2) is 26.1 Å². The molecule has 0 atom stereocenters. The second-order valence-corrected chi connectivity index (χ2v) is 9.07. The first kappa shape index (κ1) is 21.3. The lowest BCUT2D eigenvalue weighted by Gasteiger charge is -2.19. The number of hydrogen-bond acceptors (Lipinski definition) is 4. The Balaban J connectivity index is 0.00000261. The van der Waals surface area contributed by atoms with Crippen molar-refractivity contribution in [1.29, 1.82) is 0 Å². The van der Waals surface area contributed by atoms with Gasteiger partial charge in [0.15, 0.2) is 9.84 Å². The average Bonchev–Trinajstić information content (AvgIpc) is 2.64. The van der Waals surface area contributed by atoms with E-state index < -0.39 is 26.8 Å². The van der Waals surface area contributed by atoms with Gasteiger partial charge in [0, 0.05) is 12.1 Å². The van der Waals surface area contributed by atoms with Crippen LogP contribution in [0, 0.1) is 5.82 Å². The molecule has 1 heterocycles. The summed E-state index contributed by atoms with van der Waals surface area (Å²) >= 11 is 0. The van der Waals surface area contributed by atoms with Crippen LogP contribution in [0.5, 0.6) is 0 Å². The number of nitrogens with one attached hydrogen (secondary N) is 2. The molecule has 8 heteroatoms. The van der Waals surface area contributed by atoms with Crippen LogP contribution >= 0.6 is 12.4 Å². The lowest BCUT2D eigenvalue weighted by molar-refractivity contribution is 0.102. The maximum atomic E-state index is 14.6. The first-order valence-corrected chi connectivity index (χ1v) is 10.0. The Hall–Kier alpha value is -1.96. The SMILES string of the molecule is CC(C)S(=O)(=O)c1ccc(C(=O)Nc2ccc3c(c2F)CCNC3)cc1.Cl. The van der Waals surface area contributed by atoms with Gasteiger partial charge in [0.25, 0.3) is 5.91 Å². The van der Waals surface area contributed by atoms with Gasteiger partial charge in [-0.2, -0.15) is 0 Å². The molecule has 0 aromatic heterocycles. The molecule has 0 aliphatic carbocycles. The minimum Gasteiger partial charge on any atom is -0.319 e. The van der Waals surface area contributed by atoms with E-state index in [0.717, 1.165) is 5.56 Å². The van der Waals surface area contributed by atoms with Crippen LogP contribution in [0.25, 0.3) is 0 Å². The number of anilines is 1. The molecule has 0 fully saturated rings. The van der Waals surface area contributed by atoms with Crippen LogP contribution in [0.3, 0.4) is 0 Å². The number of halogens is 2. The standard InChI is InChI=1S/C19H21FN2O3S.ClH/c1-12(2)26(24,25)15-6-3-13(4-7-15)19(23)22-17-8-5-14-11-21-10-9-16(14)18(17)20;/h3-8,12,21H,9-11H2,1-2H3,(H,22,23);1H. The maximum absolute atomic E-state index is 14.6. The highest BCUT2D eigenvalue weighted by molar-refractivity contribution is 7.92. The third kappa shape index (κ3) is 4.31. The number of sulfone groups is 1. The van der Waals surface area contributed by atoms with Gasteiger partial charge >= 0.3 is 0 Å². The Bertz CT molecular complexity index is 944. The summed E-state index contributed by atoms with van der Waals surface area (Å²) in [6, 6.07) is 9.03. The molecule has 1 amide bonds. The van der Waals surface area contributed by atoms with Gasteiger partial charge in [0.2, 0.25) is 0 Å². The van der Waals surface area contributed by atoms with Crippen LogP contribution < -0.4 is 10.6 Å². The third-order valence-electron chi connectivity index (χ3n) is 4.52. The van der Waals surface area contributed by atoms with Crippen molar-refractivity contribution in [3.63, 3.8) is 0 Å². The second-order valence-electron chi connectivity index (χ2n) is 6.56. The molecule has 0 saturated heterocycles. The van der Waals surface area contributed by atoms with Crippen molar-refractivity contribution in [2.24, 2.45) is 0 Å². The molecule has 5 nitrogen and oxygen atoms in total. The van der Waals surface area contributed by atoms with Crippen molar-refractivity contribution >= 4 is 33.8 Å². The van der Waals surface area contributed by atoms with Crippen molar-refractivity contribution in [3.05, 3.63) is 58.9 Å². The van der Waals surface area contributed by atoms with E-state index in [-0.39, 0.29) is 28.6 Å². The van der Waals surface area contributed by atoms with E-state index in [1.807, 2.05) is 0 Å². The van der Waals surface area contributed by atoms with E-state index in [1.54, 1.807) is 26.0 Å². The van der Waals surface area contributed by atoms with E-state index in [1.165, 1.54) is 24.3 Å². The number of rotatable bonds is 4. The quantitative estimate of drug-likeness (QED) is 0.807. The summed E-state index contributed by atoms with van der Waals surface area (Å²) in [5, 5.41) is 5.21. The van der Waals surface area contributed by atoms with Gasteiger partial charge in [-0.05, 0) is 68.3 Å². The number of carbonyl (C=O) groups excluding carboxylic acids is 1. The summed E-state index contributed by atoms with van der Waals surface area (Å²) in [4.78, 5) is 12.6. The molecular weight excluding hydrogens is 391 g/mol. The Morgan fingerprint density at radius 2 is 1.81 bits per heavy atom. The summed E-state index contributed by atoms with van der Waals surface area (Å²) in [5.74, 6) is -0.886. The van der Waals surface area contributed by atoms with E-state index >= 15 is 0 Å². The lowest BCUT2D eigenvalue weighted by Crippen LogP contribution is -2.25. The maximum Gasteiger partial charge on any atom is 0.255 e. The fourth-order valence-electron chi connectivity index (χ4n) is 2.89. The van der Waals surface area contributed by atoms with Crippen molar-refractivity contribution in [2.45, 2.75) is 37.0 Å². The first-order chi connectivity index (χ1) is 12.3. The fraction of sp³-hybridized carbons (Fsp3) is 0.316. The molecule has 0 radical (unpaired) electrons. The van der Waals surface area contributed by atoms with E-state index in [9.17, 15) is 17.6 Å². The normalized spacial score (nSPS) is 13.6. The number of carbonyl (C=O) groups is 1. The first-order valence-electron chi connectivity index (χ1n) is 8.47. The molecule has 1 aliphatic rings. The Labute approximate surface area is 164 Å². The van der Waals surface area contributed by atoms with Gasteiger partial charge in [-0.3, -0.25) is 4.79 Å². The minimum atomic E-state index is -3.39. The molecule has 0 spiro atoms.